The Labute approximate surface area is 198 Å². The van der Waals surface area contributed by atoms with Crippen molar-refractivity contribution in [3.8, 4) is 0 Å². The molecule has 0 aromatic heterocycles. The zero-order valence-electron chi connectivity index (χ0n) is 19.1. The first-order valence-corrected chi connectivity index (χ1v) is 11.2. The van der Waals surface area contributed by atoms with E-state index in [1.807, 2.05) is 26.8 Å². The Bertz CT molecular complexity index is 1090. The van der Waals surface area contributed by atoms with Gasteiger partial charge in [0, 0.05) is 53.0 Å². The van der Waals surface area contributed by atoms with Crippen LogP contribution >= 0.6 is 11.6 Å². The number of allylic oxidation sites excluding steroid dienone is 1. The summed E-state index contributed by atoms with van der Waals surface area (Å²) in [6.45, 7) is 6.72. The number of likely N-dealkylation sites (tertiary alicyclic amines) is 1. The summed E-state index contributed by atoms with van der Waals surface area (Å²) in [6.07, 6.45) is 3.63. The molecule has 2 aromatic carbocycles. The Morgan fingerprint density at radius 2 is 1.94 bits per heavy atom. The van der Waals surface area contributed by atoms with E-state index in [1.54, 1.807) is 35.4 Å². The Kier molecular flexibility index (Phi) is 7.48. The fraction of sp³-hybridized carbons (Fsp3) is 0.375. The number of hydrogen-bond donors (Lipinski definition) is 4. The number of carbonyl (C=O) groups is 2. The van der Waals surface area contributed by atoms with Crippen LogP contribution in [0, 0.1) is 5.41 Å². The number of halogens is 1. The highest BCUT2D eigenvalue weighted by Crippen LogP contribution is 2.31. The molecular formula is C24H30ClN5O3. The molecular weight excluding hydrogens is 442 g/mol. The molecule has 176 valence electrons. The van der Waals surface area contributed by atoms with Gasteiger partial charge < -0.3 is 26.0 Å². The smallest absolute Gasteiger partial charge is 0.410 e. The topological polar surface area (TPSA) is 121 Å². The number of amides is 1. The van der Waals surface area contributed by atoms with Crippen LogP contribution in [0.4, 0.5) is 16.2 Å². The normalized spacial score (nSPS) is 15.3. The predicted octanol–water partition coefficient (Wildman–Crippen LogP) is 4.69. The van der Waals surface area contributed by atoms with Crippen LogP contribution in [0.3, 0.4) is 0 Å². The number of piperidine rings is 1. The van der Waals surface area contributed by atoms with Crippen molar-refractivity contribution in [1.82, 2.24) is 10.2 Å². The molecule has 0 atom stereocenters. The minimum Gasteiger partial charge on any atom is -0.444 e. The Morgan fingerprint density at radius 3 is 2.55 bits per heavy atom. The van der Waals surface area contributed by atoms with Gasteiger partial charge in [-0.15, -0.1) is 0 Å². The van der Waals surface area contributed by atoms with Crippen LogP contribution in [0.25, 0.3) is 10.8 Å². The number of anilines is 2. The van der Waals surface area contributed by atoms with Gasteiger partial charge in [-0.25, -0.2) is 4.79 Å². The minimum absolute atomic E-state index is 0.126. The lowest BCUT2D eigenvalue weighted by Crippen LogP contribution is -2.45. The Morgan fingerprint density at radius 1 is 1.24 bits per heavy atom. The van der Waals surface area contributed by atoms with Crippen molar-refractivity contribution in [1.29, 1.82) is 5.41 Å². The van der Waals surface area contributed by atoms with Gasteiger partial charge in [0.05, 0.1) is 5.70 Å². The molecule has 5 N–H and O–H groups in total. The molecule has 0 saturated carbocycles. The van der Waals surface area contributed by atoms with Crippen LogP contribution in [-0.2, 0) is 4.74 Å². The highest BCUT2D eigenvalue weighted by molar-refractivity contribution is 6.69. The molecule has 1 aliphatic heterocycles. The van der Waals surface area contributed by atoms with E-state index in [0.717, 1.165) is 24.5 Å². The zero-order valence-corrected chi connectivity index (χ0v) is 19.8. The second-order valence-electron chi connectivity index (χ2n) is 9.00. The third kappa shape index (κ3) is 6.16. The summed E-state index contributed by atoms with van der Waals surface area (Å²) < 4.78 is 5.44. The Balaban J connectivity index is 1.70. The van der Waals surface area contributed by atoms with E-state index in [2.05, 4.69) is 10.6 Å². The van der Waals surface area contributed by atoms with Gasteiger partial charge in [-0.1, -0.05) is 29.8 Å². The van der Waals surface area contributed by atoms with Gasteiger partial charge in [0.1, 0.15) is 10.8 Å². The highest BCUT2D eigenvalue weighted by Gasteiger charge is 2.26. The number of carbonyl (C=O) groups excluding carboxylic acids is 2. The second-order valence-corrected chi connectivity index (χ2v) is 9.37. The van der Waals surface area contributed by atoms with Gasteiger partial charge in [-0.3, -0.25) is 10.2 Å². The number of aldehydes is 1. The third-order valence-electron chi connectivity index (χ3n) is 5.35. The number of nitrogens with two attached hydrogens (primary N) is 1. The first kappa shape index (κ1) is 24.4. The maximum atomic E-state index is 12.2. The molecule has 0 bridgehead atoms. The van der Waals surface area contributed by atoms with E-state index in [4.69, 9.17) is 27.5 Å². The van der Waals surface area contributed by atoms with Crippen molar-refractivity contribution in [2.75, 3.05) is 24.1 Å². The highest BCUT2D eigenvalue weighted by atomic mass is 35.5. The van der Waals surface area contributed by atoms with E-state index in [0.29, 0.717) is 41.1 Å². The standard InChI is InChI=1S/C24H30ClN5O3/c1-24(2,3)33-23(32)30-11-9-16(10-12-30)28-13-20(22(25)27)29-19-8-7-18(26)21-15(14-31)5-4-6-17(19)21/h4-8,13-14,16,27-29H,9-12,26H2,1-3H3/b20-13+,27-22?. The lowest BCUT2D eigenvalue weighted by atomic mass is 10.0. The summed E-state index contributed by atoms with van der Waals surface area (Å²) in [5.74, 6) is 0. The molecule has 0 spiro atoms. The molecule has 1 heterocycles. The molecule has 0 aliphatic carbocycles. The second kappa shape index (κ2) is 10.1. The van der Waals surface area contributed by atoms with Crippen molar-refractivity contribution in [3.05, 3.63) is 47.8 Å². The van der Waals surface area contributed by atoms with Crippen molar-refractivity contribution < 1.29 is 14.3 Å². The van der Waals surface area contributed by atoms with E-state index in [1.165, 1.54) is 0 Å². The molecule has 8 nitrogen and oxygen atoms in total. The summed E-state index contributed by atoms with van der Waals surface area (Å²) in [4.78, 5) is 25.4. The van der Waals surface area contributed by atoms with Crippen molar-refractivity contribution in [3.63, 3.8) is 0 Å². The van der Waals surface area contributed by atoms with Gasteiger partial charge in [0.15, 0.2) is 6.29 Å². The summed E-state index contributed by atoms with van der Waals surface area (Å²) >= 11 is 6.04. The van der Waals surface area contributed by atoms with Gasteiger partial charge in [-0.2, -0.15) is 0 Å². The van der Waals surface area contributed by atoms with Crippen LogP contribution < -0.4 is 16.4 Å². The van der Waals surface area contributed by atoms with Gasteiger partial charge in [0.25, 0.3) is 0 Å². The number of nitrogens with one attached hydrogen (secondary N) is 3. The van der Waals surface area contributed by atoms with Gasteiger partial charge in [0.2, 0.25) is 0 Å². The van der Waals surface area contributed by atoms with Crippen molar-refractivity contribution >= 4 is 51.3 Å². The first-order valence-electron chi connectivity index (χ1n) is 10.8. The summed E-state index contributed by atoms with van der Waals surface area (Å²) in [6, 6.07) is 8.98. The number of hydrogen-bond acceptors (Lipinski definition) is 7. The monoisotopic (exact) mass is 471 g/mol. The van der Waals surface area contributed by atoms with Crippen LogP contribution in [-0.4, -0.2) is 47.2 Å². The number of ether oxygens (including phenoxy) is 1. The minimum atomic E-state index is -0.519. The van der Waals surface area contributed by atoms with E-state index >= 15 is 0 Å². The average Bonchev–Trinajstić information content (AvgIpc) is 2.76. The number of fused-ring (bicyclic) bond motifs is 1. The van der Waals surface area contributed by atoms with E-state index < -0.39 is 5.60 Å². The summed E-state index contributed by atoms with van der Waals surface area (Å²) in [5, 5.41) is 15.7. The first-order chi connectivity index (χ1) is 15.6. The summed E-state index contributed by atoms with van der Waals surface area (Å²) in [5.41, 5.74) is 7.64. The molecule has 0 unspecified atom stereocenters. The molecule has 9 heteroatoms. The maximum absolute atomic E-state index is 12.2. The Hall–Kier alpha value is -3.26. The number of rotatable bonds is 6. The van der Waals surface area contributed by atoms with Crippen LogP contribution in [0.1, 0.15) is 44.0 Å². The van der Waals surface area contributed by atoms with Crippen LogP contribution in [0.15, 0.2) is 42.2 Å². The molecule has 1 fully saturated rings. The fourth-order valence-corrected chi connectivity index (χ4v) is 3.83. The third-order valence-corrected chi connectivity index (χ3v) is 5.55. The molecule has 1 saturated heterocycles. The SMILES string of the molecule is CC(C)(C)OC(=O)N1CCC(N/C=C(/Nc2ccc(N)c3c(C=O)cccc23)C(=N)Cl)CC1. The molecule has 0 radical (unpaired) electrons. The summed E-state index contributed by atoms with van der Waals surface area (Å²) in [7, 11) is 0. The quantitative estimate of drug-likeness (QED) is 0.275. The molecule has 3 rings (SSSR count). The van der Waals surface area contributed by atoms with Crippen molar-refractivity contribution in [2.24, 2.45) is 0 Å². The largest absolute Gasteiger partial charge is 0.444 e. The van der Waals surface area contributed by atoms with E-state index in [9.17, 15) is 9.59 Å². The number of benzene rings is 2. The van der Waals surface area contributed by atoms with Crippen LogP contribution in [0.2, 0.25) is 0 Å². The molecule has 1 aliphatic rings. The molecule has 2 aromatic rings. The lowest BCUT2D eigenvalue weighted by molar-refractivity contribution is 0.0201. The molecule has 33 heavy (non-hydrogen) atoms. The predicted molar refractivity (Wildman–Crippen MR) is 133 cm³/mol. The van der Waals surface area contributed by atoms with Crippen molar-refractivity contribution in [2.45, 2.75) is 45.3 Å². The zero-order chi connectivity index (χ0) is 24.2. The average molecular weight is 472 g/mol. The lowest BCUT2D eigenvalue weighted by Gasteiger charge is -2.33. The molecule has 1 amide bonds. The number of nitrogen functional groups attached to an aromatic ring is 1. The maximum Gasteiger partial charge on any atom is 0.410 e. The van der Waals surface area contributed by atoms with E-state index in [-0.39, 0.29) is 17.3 Å². The van der Waals surface area contributed by atoms with Gasteiger partial charge in [-0.05, 0) is 45.7 Å². The number of nitrogens with zero attached hydrogens (tertiary/aromatic N) is 1. The van der Waals surface area contributed by atoms with Gasteiger partial charge >= 0.3 is 6.09 Å². The fourth-order valence-electron chi connectivity index (χ4n) is 3.73. The van der Waals surface area contributed by atoms with Crippen LogP contribution in [0.5, 0.6) is 0 Å².